The lowest BCUT2D eigenvalue weighted by atomic mass is 10.1. The highest BCUT2D eigenvalue weighted by atomic mass is 19.4. The van der Waals surface area contributed by atoms with E-state index < -0.39 is 24.8 Å². The Morgan fingerprint density at radius 3 is 2.52 bits per heavy atom. The summed E-state index contributed by atoms with van der Waals surface area (Å²) in [5, 5.41) is 2.50. The highest BCUT2D eigenvalue weighted by molar-refractivity contribution is 5.85. The third-order valence-electron chi connectivity index (χ3n) is 3.82. The summed E-state index contributed by atoms with van der Waals surface area (Å²) in [5.41, 5.74) is 1.06. The van der Waals surface area contributed by atoms with Gasteiger partial charge in [-0.05, 0) is 43.2 Å². The van der Waals surface area contributed by atoms with Crippen LogP contribution < -0.4 is 19.5 Å². The van der Waals surface area contributed by atoms with Crippen molar-refractivity contribution >= 4 is 17.7 Å². The Balaban J connectivity index is 1.91. The first kappa shape index (κ1) is 23.8. The zero-order valence-electron chi connectivity index (χ0n) is 17.0. The summed E-state index contributed by atoms with van der Waals surface area (Å²) in [6, 6.07) is 10.7. The second-order valence-electron chi connectivity index (χ2n) is 6.24. The summed E-state index contributed by atoms with van der Waals surface area (Å²) in [4.78, 5) is 23.6. The third kappa shape index (κ3) is 8.45. The molecular formula is C21H22F3NO6. The smallest absolute Gasteiger partial charge is 0.422 e. The molecule has 0 aliphatic rings. The number of benzene rings is 2. The van der Waals surface area contributed by atoms with Crippen LogP contribution in [0.5, 0.6) is 17.2 Å². The second-order valence-corrected chi connectivity index (χ2v) is 6.24. The molecule has 0 radical (unpaired) electrons. The fourth-order valence-corrected chi connectivity index (χ4v) is 2.50. The minimum Gasteiger partial charge on any atom is -0.493 e. The summed E-state index contributed by atoms with van der Waals surface area (Å²) in [7, 11) is 1.31. The number of aryl methyl sites for hydroxylation is 1. The molecule has 7 nitrogen and oxygen atoms in total. The van der Waals surface area contributed by atoms with Crippen molar-refractivity contribution in [1.29, 1.82) is 0 Å². The topological polar surface area (TPSA) is 83.1 Å². The molecule has 0 saturated heterocycles. The zero-order valence-corrected chi connectivity index (χ0v) is 17.0. The summed E-state index contributed by atoms with van der Waals surface area (Å²) in [6.07, 6.45) is -4.80. The van der Waals surface area contributed by atoms with Gasteiger partial charge in [0.25, 0.3) is 0 Å². The molecule has 0 aliphatic heterocycles. The molecule has 0 heterocycles. The van der Waals surface area contributed by atoms with Crippen LogP contribution in [-0.2, 0) is 16.0 Å². The number of rotatable bonds is 9. The molecule has 1 amide bonds. The number of hydrogen-bond acceptors (Lipinski definition) is 6. The molecule has 0 bridgehead atoms. The maximum atomic E-state index is 12.3. The van der Waals surface area contributed by atoms with Crippen molar-refractivity contribution in [2.75, 3.05) is 25.6 Å². The van der Waals surface area contributed by atoms with Crippen molar-refractivity contribution < 1.29 is 41.7 Å². The Kier molecular flexibility index (Phi) is 8.53. The molecule has 0 aromatic heterocycles. The van der Waals surface area contributed by atoms with Crippen LogP contribution in [0.25, 0.3) is 0 Å². The van der Waals surface area contributed by atoms with E-state index in [1.54, 1.807) is 31.2 Å². The normalized spacial score (nSPS) is 10.9. The van der Waals surface area contributed by atoms with Gasteiger partial charge < -0.3 is 18.9 Å². The molecule has 0 aliphatic carbocycles. The van der Waals surface area contributed by atoms with Gasteiger partial charge in [0.2, 0.25) is 0 Å². The number of methoxy groups -OCH3 is 1. The maximum Gasteiger partial charge on any atom is 0.422 e. The van der Waals surface area contributed by atoms with Crippen LogP contribution in [0.2, 0.25) is 0 Å². The predicted molar refractivity (Wildman–Crippen MR) is 106 cm³/mol. The number of ether oxygens (including phenoxy) is 4. The van der Waals surface area contributed by atoms with Crippen LogP contribution in [-0.4, -0.2) is 38.6 Å². The molecule has 0 spiro atoms. The van der Waals surface area contributed by atoms with Gasteiger partial charge in [-0.25, -0.2) is 4.79 Å². The lowest BCUT2D eigenvalue weighted by Crippen LogP contribution is -2.19. The standard InChI is InChI=1S/C21H22F3NO6/c1-3-29-20(27)25-15-5-4-6-16(12-15)31-19(26)10-8-14-7-9-17(18(11-14)28-2)30-13-21(22,23)24/h4-7,9,11-12H,3,8,10,13H2,1-2H3,(H,25,27). The van der Waals surface area contributed by atoms with E-state index in [0.717, 1.165) is 0 Å². The number of amides is 1. The van der Waals surface area contributed by atoms with E-state index in [2.05, 4.69) is 5.32 Å². The first-order valence-electron chi connectivity index (χ1n) is 9.31. The van der Waals surface area contributed by atoms with E-state index in [1.165, 1.54) is 25.3 Å². The molecule has 168 valence electrons. The van der Waals surface area contributed by atoms with Gasteiger partial charge in [0.1, 0.15) is 5.75 Å². The van der Waals surface area contributed by atoms with Crippen molar-refractivity contribution in [3.8, 4) is 17.2 Å². The molecule has 0 unspecified atom stereocenters. The van der Waals surface area contributed by atoms with Gasteiger partial charge in [-0.3, -0.25) is 10.1 Å². The lowest BCUT2D eigenvalue weighted by molar-refractivity contribution is -0.153. The van der Waals surface area contributed by atoms with Gasteiger partial charge in [0.15, 0.2) is 18.1 Å². The largest absolute Gasteiger partial charge is 0.493 e. The monoisotopic (exact) mass is 441 g/mol. The van der Waals surface area contributed by atoms with E-state index in [4.69, 9.17) is 18.9 Å². The minimum absolute atomic E-state index is 0.0153. The number of carbonyl (C=O) groups excluding carboxylic acids is 2. The van der Waals surface area contributed by atoms with E-state index in [0.29, 0.717) is 11.3 Å². The summed E-state index contributed by atoms with van der Waals surface area (Å²) in [5.74, 6) is -0.192. The zero-order chi connectivity index (χ0) is 22.9. The van der Waals surface area contributed by atoms with Gasteiger partial charge >= 0.3 is 18.2 Å². The highest BCUT2D eigenvalue weighted by Crippen LogP contribution is 2.30. The third-order valence-corrected chi connectivity index (χ3v) is 3.82. The van der Waals surface area contributed by atoms with Gasteiger partial charge in [-0.1, -0.05) is 12.1 Å². The van der Waals surface area contributed by atoms with Crippen molar-refractivity contribution in [3.05, 3.63) is 48.0 Å². The SMILES string of the molecule is CCOC(=O)Nc1cccc(OC(=O)CCc2ccc(OCC(F)(F)F)c(OC)c2)c1. The van der Waals surface area contributed by atoms with Crippen molar-refractivity contribution in [2.45, 2.75) is 25.9 Å². The van der Waals surface area contributed by atoms with Crippen LogP contribution in [0.4, 0.5) is 23.7 Å². The average molecular weight is 441 g/mol. The predicted octanol–water partition coefficient (Wildman–Crippen LogP) is 4.74. The average Bonchev–Trinajstić information content (AvgIpc) is 2.70. The van der Waals surface area contributed by atoms with Crippen molar-refractivity contribution in [1.82, 2.24) is 0 Å². The van der Waals surface area contributed by atoms with Crippen LogP contribution >= 0.6 is 0 Å². The molecule has 0 saturated carbocycles. The Bertz CT molecular complexity index is 901. The Morgan fingerprint density at radius 1 is 1.06 bits per heavy atom. The number of carbonyl (C=O) groups is 2. The van der Waals surface area contributed by atoms with Crippen LogP contribution in [0, 0.1) is 0 Å². The molecule has 2 rings (SSSR count). The molecule has 0 fully saturated rings. The number of esters is 1. The van der Waals surface area contributed by atoms with E-state index in [1.807, 2.05) is 0 Å². The Morgan fingerprint density at radius 2 is 1.84 bits per heavy atom. The number of alkyl halides is 3. The van der Waals surface area contributed by atoms with Gasteiger partial charge in [-0.2, -0.15) is 13.2 Å². The number of anilines is 1. The Labute approximate surface area is 177 Å². The fraction of sp³-hybridized carbons (Fsp3) is 0.333. The first-order valence-corrected chi connectivity index (χ1v) is 9.31. The molecule has 2 aromatic rings. The van der Waals surface area contributed by atoms with Gasteiger partial charge in [-0.15, -0.1) is 0 Å². The first-order chi connectivity index (χ1) is 14.7. The molecule has 0 atom stereocenters. The quantitative estimate of drug-likeness (QED) is 0.447. The Hall–Kier alpha value is -3.43. The highest BCUT2D eigenvalue weighted by Gasteiger charge is 2.29. The van der Waals surface area contributed by atoms with E-state index in [-0.39, 0.29) is 36.7 Å². The summed E-state index contributed by atoms with van der Waals surface area (Å²) >= 11 is 0. The van der Waals surface area contributed by atoms with Crippen molar-refractivity contribution in [3.63, 3.8) is 0 Å². The number of halogens is 3. The molecule has 10 heteroatoms. The molecular weight excluding hydrogens is 419 g/mol. The maximum absolute atomic E-state index is 12.3. The second kappa shape index (κ2) is 11.1. The fourth-order valence-electron chi connectivity index (χ4n) is 2.50. The van der Waals surface area contributed by atoms with E-state index in [9.17, 15) is 22.8 Å². The van der Waals surface area contributed by atoms with Crippen molar-refractivity contribution in [2.24, 2.45) is 0 Å². The van der Waals surface area contributed by atoms with Crippen LogP contribution in [0.15, 0.2) is 42.5 Å². The molecule has 2 aromatic carbocycles. The molecule has 31 heavy (non-hydrogen) atoms. The number of nitrogens with one attached hydrogen (secondary N) is 1. The molecule has 1 N–H and O–H groups in total. The van der Waals surface area contributed by atoms with Gasteiger partial charge in [0.05, 0.1) is 13.7 Å². The van der Waals surface area contributed by atoms with Crippen LogP contribution in [0.3, 0.4) is 0 Å². The summed E-state index contributed by atoms with van der Waals surface area (Å²) in [6.45, 7) is 0.469. The van der Waals surface area contributed by atoms with Crippen LogP contribution in [0.1, 0.15) is 18.9 Å². The van der Waals surface area contributed by atoms with E-state index >= 15 is 0 Å². The lowest BCUT2D eigenvalue weighted by Gasteiger charge is -2.13. The van der Waals surface area contributed by atoms with Gasteiger partial charge in [0, 0.05) is 18.2 Å². The number of hydrogen-bond donors (Lipinski definition) is 1. The minimum atomic E-state index is -4.46. The summed E-state index contributed by atoms with van der Waals surface area (Å²) < 4.78 is 56.8.